The fraction of sp³-hybridized carbons (Fsp3) is 0.636. The molecule has 0 unspecified atom stereocenters. The van der Waals surface area contributed by atoms with Crippen molar-refractivity contribution in [1.82, 2.24) is 10.2 Å². The number of aryl methyl sites for hydroxylation is 1. The van der Waals surface area contributed by atoms with Gasteiger partial charge < -0.3 is 10.1 Å². The molecule has 1 saturated heterocycles. The number of amides is 1. The maximum atomic E-state index is 12.6. The van der Waals surface area contributed by atoms with Crippen LogP contribution in [0.5, 0.6) is 0 Å². The lowest BCUT2D eigenvalue weighted by molar-refractivity contribution is -0.145. The highest BCUT2D eigenvalue weighted by molar-refractivity contribution is 5.80. The first-order chi connectivity index (χ1) is 13.2. The van der Waals surface area contributed by atoms with Crippen LogP contribution < -0.4 is 5.32 Å². The first-order valence-corrected chi connectivity index (χ1v) is 10.3. The van der Waals surface area contributed by atoms with Gasteiger partial charge in [0.05, 0.1) is 7.11 Å². The highest BCUT2D eigenvalue weighted by Gasteiger charge is 2.38. The Morgan fingerprint density at radius 1 is 1.15 bits per heavy atom. The normalized spacial score (nSPS) is 23.9. The van der Waals surface area contributed by atoms with Crippen LogP contribution >= 0.6 is 0 Å². The largest absolute Gasteiger partial charge is 0.468 e. The van der Waals surface area contributed by atoms with Gasteiger partial charge >= 0.3 is 5.97 Å². The van der Waals surface area contributed by atoms with Gasteiger partial charge in [-0.15, -0.1) is 0 Å². The molecule has 2 aliphatic rings. The number of hydrogen-bond donors (Lipinski definition) is 1. The minimum atomic E-state index is -0.248. The molecule has 1 saturated carbocycles. The quantitative estimate of drug-likeness (QED) is 0.748. The Balaban J connectivity index is 1.52. The van der Waals surface area contributed by atoms with E-state index in [9.17, 15) is 9.59 Å². The van der Waals surface area contributed by atoms with Gasteiger partial charge in [-0.1, -0.05) is 49.6 Å². The summed E-state index contributed by atoms with van der Waals surface area (Å²) >= 11 is 0. The Bertz CT molecular complexity index is 613. The van der Waals surface area contributed by atoms with Gasteiger partial charge in [-0.3, -0.25) is 14.5 Å². The van der Waals surface area contributed by atoms with Gasteiger partial charge in [0.15, 0.2) is 0 Å². The van der Waals surface area contributed by atoms with E-state index in [0.29, 0.717) is 6.42 Å². The van der Waals surface area contributed by atoms with Crippen LogP contribution in [0.4, 0.5) is 0 Å². The zero-order chi connectivity index (χ0) is 19.1. The van der Waals surface area contributed by atoms with Crippen molar-refractivity contribution >= 4 is 11.9 Å². The molecular weight excluding hydrogens is 340 g/mol. The number of rotatable bonds is 7. The van der Waals surface area contributed by atoms with E-state index in [4.69, 9.17) is 4.74 Å². The molecule has 1 N–H and O–H groups in total. The molecule has 148 valence electrons. The molecule has 27 heavy (non-hydrogen) atoms. The van der Waals surface area contributed by atoms with Crippen LogP contribution in [0.2, 0.25) is 0 Å². The van der Waals surface area contributed by atoms with Crippen molar-refractivity contribution in [3.05, 3.63) is 35.9 Å². The molecule has 0 radical (unpaired) electrons. The Hall–Kier alpha value is -1.88. The molecule has 1 aliphatic heterocycles. The number of hydrogen-bond acceptors (Lipinski definition) is 4. The van der Waals surface area contributed by atoms with Crippen LogP contribution in [0.3, 0.4) is 0 Å². The summed E-state index contributed by atoms with van der Waals surface area (Å²) in [4.78, 5) is 27.0. The standard InChI is InChI=1S/C22H32N2O3/c1-27-22(26)20-15-19(23-21(25)18-12-6-3-7-13-18)16-24(20)14-8-11-17-9-4-2-5-10-17/h2,4-5,9-10,18-20H,3,6-8,11-16H2,1H3,(H,23,25)/t19-,20-/m0/s1. The van der Waals surface area contributed by atoms with Crippen molar-refractivity contribution in [3.63, 3.8) is 0 Å². The highest BCUT2D eigenvalue weighted by atomic mass is 16.5. The molecule has 2 fully saturated rings. The second-order valence-electron chi connectivity index (χ2n) is 7.90. The minimum absolute atomic E-state index is 0.0419. The third-order valence-corrected chi connectivity index (χ3v) is 5.95. The van der Waals surface area contributed by atoms with Crippen LogP contribution in [-0.2, 0) is 20.7 Å². The van der Waals surface area contributed by atoms with Crippen LogP contribution in [0.15, 0.2) is 30.3 Å². The summed E-state index contributed by atoms with van der Waals surface area (Å²) < 4.78 is 5.01. The lowest BCUT2D eigenvalue weighted by Gasteiger charge is -2.23. The SMILES string of the molecule is COC(=O)[C@@H]1C[C@H](NC(=O)C2CCCCC2)CN1CCCc1ccccc1. The van der Waals surface area contributed by atoms with E-state index in [1.807, 2.05) is 6.07 Å². The third-order valence-electron chi connectivity index (χ3n) is 5.95. The number of esters is 1. The smallest absolute Gasteiger partial charge is 0.323 e. The molecule has 5 nitrogen and oxygen atoms in total. The Morgan fingerprint density at radius 3 is 2.59 bits per heavy atom. The van der Waals surface area contributed by atoms with E-state index in [0.717, 1.165) is 51.6 Å². The van der Waals surface area contributed by atoms with Gasteiger partial charge in [0.2, 0.25) is 5.91 Å². The van der Waals surface area contributed by atoms with Crippen LogP contribution in [-0.4, -0.2) is 49.1 Å². The summed E-state index contributed by atoms with van der Waals surface area (Å²) in [6.07, 6.45) is 8.17. The molecular formula is C22H32N2O3. The predicted molar refractivity (Wildman–Crippen MR) is 105 cm³/mol. The number of methoxy groups -OCH3 is 1. The second-order valence-corrected chi connectivity index (χ2v) is 7.90. The topological polar surface area (TPSA) is 58.6 Å². The Morgan fingerprint density at radius 2 is 1.89 bits per heavy atom. The molecule has 0 bridgehead atoms. The Labute approximate surface area is 162 Å². The molecule has 3 rings (SSSR count). The van der Waals surface area contributed by atoms with Crippen LogP contribution in [0, 0.1) is 5.92 Å². The zero-order valence-corrected chi connectivity index (χ0v) is 16.4. The summed E-state index contributed by atoms with van der Waals surface area (Å²) in [5.74, 6) is 0.140. The number of benzene rings is 1. The number of nitrogens with zero attached hydrogens (tertiary/aromatic N) is 1. The van der Waals surface area contributed by atoms with Gasteiger partial charge in [-0.2, -0.15) is 0 Å². The minimum Gasteiger partial charge on any atom is -0.468 e. The molecule has 1 amide bonds. The predicted octanol–water partition coefficient (Wildman–Crippen LogP) is 2.93. The molecule has 1 heterocycles. The Kier molecular flexibility index (Phi) is 7.27. The zero-order valence-electron chi connectivity index (χ0n) is 16.4. The van der Waals surface area contributed by atoms with E-state index in [1.54, 1.807) is 0 Å². The number of nitrogens with one attached hydrogen (secondary N) is 1. The van der Waals surface area contributed by atoms with E-state index >= 15 is 0 Å². The molecule has 1 aromatic rings. The van der Waals surface area contributed by atoms with Crippen molar-refractivity contribution in [2.75, 3.05) is 20.2 Å². The van der Waals surface area contributed by atoms with Gasteiger partial charge in [-0.05, 0) is 44.2 Å². The van der Waals surface area contributed by atoms with Crippen LogP contribution in [0.1, 0.15) is 50.5 Å². The summed E-state index contributed by atoms with van der Waals surface area (Å²) in [5, 5.41) is 3.21. The molecule has 5 heteroatoms. The molecule has 1 aromatic carbocycles. The second kappa shape index (κ2) is 9.88. The van der Waals surface area contributed by atoms with Crippen molar-refractivity contribution < 1.29 is 14.3 Å². The highest BCUT2D eigenvalue weighted by Crippen LogP contribution is 2.25. The van der Waals surface area contributed by atoms with Crippen molar-refractivity contribution in [1.29, 1.82) is 0 Å². The van der Waals surface area contributed by atoms with Crippen molar-refractivity contribution in [2.45, 2.75) is 63.5 Å². The molecule has 0 spiro atoms. The van der Waals surface area contributed by atoms with E-state index in [-0.39, 0.29) is 29.9 Å². The van der Waals surface area contributed by atoms with Crippen molar-refractivity contribution in [3.8, 4) is 0 Å². The maximum Gasteiger partial charge on any atom is 0.323 e. The summed E-state index contributed by atoms with van der Waals surface area (Å²) in [5.41, 5.74) is 1.31. The number of ether oxygens (including phenoxy) is 1. The summed E-state index contributed by atoms with van der Waals surface area (Å²) in [6, 6.07) is 10.2. The van der Waals surface area contributed by atoms with E-state index in [2.05, 4.69) is 34.5 Å². The van der Waals surface area contributed by atoms with Gasteiger partial charge in [0, 0.05) is 18.5 Å². The van der Waals surface area contributed by atoms with Crippen LogP contribution in [0.25, 0.3) is 0 Å². The van der Waals surface area contributed by atoms with Gasteiger partial charge in [-0.25, -0.2) is 0 Å². The number of carbonyl (C=O) groups is 2. The average molecular weight is 373 g/mol. The van der Waals surface area contributed by atoms with Gasteiger partial charge in [0.1, 0.15) is 6.04 Å². The molecule has 2 atom stereocenters. The molecule has 1 aliphatic carbocycles. The fourth-order valence-electron chi connectivity index (χ4n) is 4.45. The summed E-state index contributed by atoms with van der Waals surface area (Å²) in [6.45, 7) is 1.57. The number of carbonyl (C=O) groups excluding carboxylic acids is 2. The maximum absolute atomic E-state index is 12.6. The average Bonchev–Trinajstić information content (AvgIpc) is 3.11. The first-order valence-electron chi connectivity index (χ1n) is 10.3. The lowest BCUT2D eigenvalue weighted by atomic mass is 9.88. The van der Waals surface area contributed by atoms with Crippen molar-refractivity contribution in [2.24, 2.45) is 5.92 Å². The van der Waals surface area contributed by atoms with E-state index in [1.165, 1.54) is 19.1 Å². The third kappa shape index (κ3) is 5.55. The first kappa shape index (κ1) is 19.9. The lowest BCUT2D eigenvalue weighted by Crippen LogP contribution is -2.41. The van der Waals surface area contributed by atoms with E-state index < -0.39 is 0 Å². The summed E-state index contributed by atoms with van der Waals surface area (Å²) in [7, 11) is 1.44. The van der Waals surface area contributed by atoms with Gasteiger partial charge in [0.25, 0.3) is 0 Å². The number of likely N-dealkylation sites (tertiary alicyclic amines) is 1. The monoisotopic (exact) mass is 372 g/mol. The molecule has 0 aromatic heterocycles. The fourth-order valence-corrected chi connectivity index (χ4v) is 4.45.